The molecule has 28 heavy (non-hydrogen) atoms. The molecule has 2 rings (SSSR count). The first-order chi connectivity index (χ1) is 13.1. The van der Waals surface area contributed by atoms with E-state index in [9.17, 15) is 4.79 Å². The van der Waals surface area contributed by atoms with Crippen molar-refractivity contribution in [1.82, 2.24) is 16.0 Å². The van der Waals surface area contributed by atoms with Crippen LogP contribution in [0.4, 0.5) is 0 Å². The SMILES string of the molecule is CCNC(=NCC1(SC)CCOCC1)NCCc1cccc(C(=O)NC)c1.I. The molecule has 1 aliphatic rings. The van der Waals surface area contributed by atoms with E-state index in [4.69, 9.17) is 9.73 Å². The predicted octanol–water partition coefficient (Wildman–Crippen LogP) is 2.67. The summed E-state index contributed by atoms with van der Waals surface area (Å²) >= 11 is 1.90. The standard InChI is InChI=1S/C20H32N4O2S.HI/c1-4-22-19(24-15-20(27-3)9-12-26-13-10-20)23-11-8-16-6-5-7-17(14-16)18(25)21-2;/h5-7,14H,4,8-13,15H2,1-3H3,(H,21,25)(H2,22,23,24);1H. The van der Waals surface area contributed by atoms with Crippen LogP contribution in [-0.2, 0) is 11.2 Å². The zero-order chi connectivity index (χ0) is 19.5. The Bertz CT molecular complexity index is 636. The van der Waals surface area contributed by atoms with Gasteiger partial charge in [-0.25, -0.2) is 0 Å². The Morgan fingerprint density at radius 1 is 1.29 bits per heavy atom. The van der Waals surface area contributed by atoms with Gasteiger partial charge in [0.25, 0.3) is 5.91 Å². The average Bonchev–Trinajstić information content (AvgIpc) is 2.72. The average molecular weight is 520 g/mol. The first kappa shape index (κ1) is 25.0. The molecule has 0 saturated carbocycles. The van der Waals surface area contributed by atoms with Crippen molar-refractivity contribution in [3.63, 3.8) is 0 Å². The maximum absolute atomic E-state index is 11.8. The lowest BCUT2D eigenvalue weighted by Crippen LogP contribution is -2.41. The maximum atomic E-state index is 11.8. The number of halogens is 1. The molecule has 3 N–H and O–H groups in total. The molecule has 1 saturated heterocycles. The lowest BCUT2D eigenvalue weighted by atomic mass is 9.99. The van der Waals surface area contributed by atoms with Gasteiger partial charge in [-0.3, -0.25) is 9.79 Å². The monoisotopic (exact) mass is 520 g/mol. The minimum Gasteiger partial charge on any atom is -0.381 e. The third-order valence-electron chi connectivity index (χ3n) is 4.83. The highest BCUT2D eigenvalue weighted by Crippen LogP contribution is 2.33. The van der Waals surface area contributed by atoms with Gasteiger partial charge in [-0.15, -0.1) is 24.0 Å². The van der Waals surface area contributed by atoms with Crippen molar-refractivity contribution >= 4 is 47.6 Å². The highest BCUT2D eigenvalue weighted by molar-refractivity contribution is 14.0. The molecule has 1 aromatic rings. The normalized spacial score (nSPS) is 16.0. The summed E-state index contributed by atoms with van der Waals surface area (Å²) in [6.07, 6.45) is 5.09. The zero-order valence-electron chi connectivity index (χ0n) is 17.0. The number of hydrogen-bond acceptors (Lipinski definition) is 4. The number of nitrogens with one attached hydrogen (secondary N) is 3. The molecular weight excluding hydrogens is 487 g/mol. The van der Waals surface area contributed by atoms with Crippen molar-refractivity contribution in [2.45, 2.75) is 30.9 Å². The second kappa shape index (κ2) is 13.3. The minimum absolute atomic E-state index is 0. The molecule has 8 heteroatoms. The van der Waals surface area contributed by atoms with Gasteiger partial charge >= 0.3 is 0 Å². The Balaban J connectivity index is 0.00000392. The van der Waals surface area contributed by atoms with E-state index < -0.39 is 0 Å². The summed E-state index contributed by atoms with van der Waals surface area (Å²) in [7, 11) is 1.65. The first-order valence-electron chi connectivity index (χ1n) is 9.58. The van der Waals surface area contributed by atoms with Crippen molar-refractivity contribution in [3.8, 4) is 0 Å². The number of carbonyl (C=O) groups excluding carboxylic acids is 1. The van der Waals surface area contributed by atoms with Gasteiger partial charge in [0, 0.05) is 43.7 Å². The van der Waals surface area contributed by atoms with Gasteiger partial charge in [-0.2, -0.15) is 11.8 Å². The number of thioether (sulfide) groups is 1. The molecule has 0 radical (unpaired) electrons. The smallest absolute Gasteiger partial charge is 0.251 e. The molecule has 0 aliphatic carbocycles. The Morgan fingerprint density at radius 3 is 2.68 bits per heavy atom. The molecule has 1 aromatic carbocycles. The fourth-order valence-corrected chi connectivity index (χ4v) is 3.84. The number of guanidine groups is 1. The van der Waals surface area contributed by atoms with Crippen LogP contribution in [-0.4, -0.2) is 62.8 Å². The predicted molar refractivity (Wildman–Crippen MR) is 129 cm³/mol. The van der Waals surface area contributed by atoms with E-state index in [0.717, 1.165) is 63.6 Å². The first-order valence-corrected chi connectivity index (χ1v) is 10.8. The largest absolute Gasteiger partial charge is 0.381 e. The second-order valence-electron chi connectivity index (χ2n) is 6.65. The van der Waals surface area contributed by atoms with E-state index in [0.29, 0.717) is 5.56 Å². The number of benzene rings is 1. The van der Waals surface area contributed by atoms with Gasteiger partial charge in [-0.05, 0) is 50.1 Å². The summed E-state index contributed by atoms with van der Waals surface area (Å²) in [5.74, 6) is 0.790. The van der Waals surface area contributed by atoms with E-state index in [1.807, 2.05) is 36.0 Å². The molecule has 1 amide bonds. The molecular formula is C20H33IN4O2S. The Labute approximate surface area is 190 Å². The van der Waals surface area contributed by atoms with Crippen LogP contribution >= 0.6 is 35.7 Å². The highest BCUT2D eigenvalue weighted by atomic mass is 127. The van der Waals surface area contributed by atoms with Crippen LogP contribution in [0.1, 0.15) is 35.7 Å². The number of ether oxygens (including phenoxy) is 1. The summed E-state index contributed by atoms with van der Waals surface area (Å²) in [4.78, 5) is 16.6. The summed E-state index contributed by atoms with van der Waals surface area (Å²) in [6, 6.07) is 7.74. The summed E-state index contributed by atoms with van der Waals surface area (Å²) in [6.45, 7) is 6.09. The van der Waals surface area contributed by atoms with Gasteiger partial charge in [0.2, 0.25) is 0 Å². The molecule has 0 bridgehead atoms. The Morgan fingerprint density at radius 2 is 2.04 bits per heavy atom. The number of amides is 1. The second-order valence-corrected chi connectivity index (χ2v) is 7.93. The molecule has 1 fully saturated rings. The summed E-state index contributed by atoms with van der Waals surface area (Å²) in [5.41, 5.74) is 1.82. The maximum Gasteiger partial charge on any atom is 0.251 e. The van der Waals surface area contributed by atoms with Crippen LogP contribution < -0.4 is 16.0 Å². The molecule has 6 nitrogen and oxygen atoms in total. The third-order valence-corrected chi connectivity index (χ3v) is 6.23. The molecule has 1 heterocycles. The van der Waals surface area contributed by atoms with Crippen LogP contribution in [0.5, 0.6) is 0 Å². The van der Waals surface area contributed by atoms with Crippen molar-refractivity contribution in [3.05, 3.63) is 35.4 Å². The van der Waals surface area contributed by atoms with Crippen LogP contribution in [0, 0.1) is 0 Å². The Kier molecular flexibility index (Phi) is 11.9. The summed E-state index contributed by atoms with van der Waals surface area (Å²) in [5, 5.41) is 9.40. The van der Waals surface area contributed by atoms with Crippen molar-refractivity contribution in [2.75, 3.05) is 46.2 Å². The molecule has 0 atom stereocenters. The highest BCUT2D eigenvalue weighted by Gasteiger charge is 2.31. The molecule has 158 valence electrons. The number of aliphatic imine (C=N–C) groups is 1. The van der Waals surface area contributed by atoms with Crippen molar-refractivity contribution in [1.29, 1.82) is 0 Å². The van der Waals surface area contributed by atoms with E-state index in [2.05, 4.69) is 29.1 Å². The number of nitrogens with zero attached hydrogens (tertiary/aromatic N) is 1. The summed E-state index contributed by atoms with van der Waals surface area (Å²) < 4.78 is 5.69. The molecule has 0 spiro atoms. The number of rotatable bonds is 8. The molecule has 0 unspecified atom stereocenters. The van der Waals surface area contributed by atoms with E-state index >= 15 is 0 Å². The number of carbonyl (C=O) groups is 1. The third kappa shape index (κ3) is 7.79. The fraction of sp³-hybridized carbons (Fsp3) is 0.600. The zero-order valence-corrected chi connectivity index (χ0v) is 20.2. The van der Waals surface area contributed by atoms with E-state index in [-0.39, 0.29) is 34.6 Å². The minimum atomic E-state index is -0.0569. The van der Waals surface area contributed by atoms with Gasteiger partial charge in [0.15, 0.2) is 5.96 Å². The van der Waals surface area contributed by atoms with Crippen molar-refractivity contribution < 1.29 is 9.53 Å². The van der Waals surface area contributed by atoms with Crippen LogP contribution in [0.3, 0.4) is 0 Å². The van der Waals surface area contributed by atoms with Crippen LogP contribution in [0.15, 0.2) is 29.3 Å². The molecule has 1 aliphatic heterocycles. The van der Waals surface area contributed by atoms with E-state index in [1.165, 1.54) is 0 Å². The van der Waals surface area contributed by atoms with Gasteiger partial charge < -0.3 is 20.7 Å². The van der Waals surface area contributed by atoms with Crippen LogP contribution in [0.25, 0.3) is 0 Å². The quantitative estimate of drug-likeness (QED) is 0.279. The lowest BCUT2D eigenvalue weighted by Gasteiger charge is -2.34. The Hall–Kier alpha value is -1.00. The van der Waals surface area contributed by atoms with Gasteiger partial charge in [0.1, 0.15) is 0 Å². The van der Waals surface area contributed by atoms with Gasteiger partial charge in [-0.1, -0.05) is 12.1 Å². The van der Waals surface area contributed by atoms with Crippen molar-refractivity contribution in [2.24, 2.45) is 4.99 Å². The topological polar surface area (TPSA) is 74.8 Å². The molecule has 0 aromatic heterocycles. The fourth-order valence-electron chi connectivity index (χ4n) is 3.07. The number of hydrogen-bond donors (Lipinski definition) is 3. The van der Waals surface area contributed by atoms with Gasteiger partial charge in [0.05, 0.1) is 6.54 Å². The lowest BCUT2D eigenvalue weighted by molar-refractivity contribution is 0.0794. The van der Waals surface area contributed by atoms with E-state index in [1.54, 1.807) is 7.05 Å². The van der Waals surface area contributed by atoms with Crippen LogP contribution in [0.2, 0.25) is 0 Å².